The Hall–Kier alpha value is -0.770. The molecule has 18 heavy (non-hydrogen) atoms. The van der Waals surface area contributed by atoms with Gasteiger partial charge in [-0.25, -0.2) is 4.79 Å². The second kappa shape index (κ2) is 4.72. The normalized spacial score (nSPS) is 35.7. The van der Waals surface area contributed by atoms with Gasteiger partial charge in [0.1, 0.15) is 0 Å². The SMILES string of the molecule is CN(C(=O)NC12CCC(CC1)C2)C1CCOCC1. The average molecular weight is 252 g/mol. The van der Waals surface area contributed by atoms with Crippen molar-refractivity contribution in [1.82, 2.24) is 10.2 Å². The molecule has 3 fully saturated rings. The molecule has 0 unspecified atom stereocenters. The summed E-state index contributed by atoms with van der Waals surface area (Å²) in [6.07, 6.45) is 8.14. The maximum atomic E-state index is 12.4. The minimum absolute atomic E-state index is 0.129. The Morgan fingerprint density at radius 2 is 1.89 bits per heavy atom. The molecular weight excluding hydrogens is 228 g/mol. The quantitative estimate of drug-likeness (QED) is 0.818. The number of hydrogen-bond acceptors (Lipinski definition) is 2. The molecule has 1 aliphatic heterocycles. The second-order valence-corrected chi connectivity index (χ2v) is 6.31. The fourth-order valence-electron chi connectivity index (χ4n) is 3.92. The van der Waals surface area contributed by atoms with Crippen LogP contribution >= 0.6 is 0 Å². The van der Waals surface area contributed by atoms with Gasteiger partial charge >= 0.3 is 6.03 Å². The Morgan fingerprint density at radius 1 is 1.22 bits per heavy atom. The van der Waals surface area contributed by atoms with Crippen LogP contribution < -0.4 is 5.32 Å². The summed E-state index contributed by atoms with van der Waals surface area (Å²) in [5.41, 5.74) is 0.140. The molecule has 2 saturated carbocycles. The molecule has 4 heteroatoms. The standard InChI is InChI=1S/C14H24N2O2/c1-16(12-4-8-18-9-5-12)13(17)15-14-6-2-11(10-14)3-7-14/h11-12H,2-10H2,1H3,(H,15,17). The van der Waals surface area contributed by atoms with E-state index in [1.165, 1.54) is 32.1 Å². The van der Waals surface area contributed by atoms with Crippen LogP contribution in [0.2, 0.25) is 0 Å². The highest BCUT2D eigenvalue weighted by atomic mass is 16.5. The number of carbonyl (C=O) groups is 1. The van der Waals surface area contributed by atoms with Crippen LogP contribution in [0.4, 0.5) is 4.79 Å². The third kappa shape index (κ3) is 2.22. The van der Waals surface area contributed by atoms with Crippen molar-refractivity contribution in [1.29, 1.82) is 0 Å². The molecule has 2 aliphatic carbocycles. The molecule has 102 valence electrons. The van der Waals surface area contributed by atoms with E-state index in [0.717, 1.165) is 32.0 Å². The van der Waals surface area contributed by atoms with E-state index >= 15 is 0 Å². The maximum Gasteiger partial charge on any atom is 0.317 e. The molecule has 0 radical (unpaired) electrons. The summed E-state index contributed by atoms with van der Waals surface area (Å²) in [7, 11) is 1.93. The van der Waals surface area contributed by atoms with E-state index < -0.39 is 0 Å². The van der Waals surface area contributed by atoms with Crippen LogP contribution in [0.5, 0.6) is 0 Å². The van der Waals surface area contributed by atoms with Crippen LogP contribution in [0.25, 0.3) is 0 Å². The first kappa shape index (κ1) is 12.3. The van der Waals surface area contributed by atoms with E-state index in [1.807, 2.05) is 11.9 Å². The van der Waals surface area contributed by atoms with Crippen molar-refractivity contribution < 1.29 is 9.53 Å². The number of ether oxygens (including phenoxy) is 1. The van der Waals surface area contributed by atoms with Gasteiger partial charge in [-0.2, -0.15) is 0 Å². The van der Waals surface area contributed by atoms with Gasteiger partial charge in [-0.05, 0) is 50.9 Å². The van der Waals surface area contributed by atoms with E-state index in [0.29, 0.717) is 6.04 Å². The van der Waals surface area contributed by atoms with Crippen LogP contribution in [0.1, 0.15) is 44.9 Å². The van der Waals surface area contributed by atoms with E-state index in [9.17, 15) is 4.79 Å². The van der Waals surface area contributed by atoms with Crippen LogP contribution in [-0.2, 0) is 4.74 Å². The van der Waals surface area contributed by atoms with Crippen LogP contribution in [0, 0.1) is 5.92 Å². The summed E-state index contributed by atoms with van der Waals surface area (Å²) in [6.45, 7) is 1.57. The number of hydrogen-bond donors (Lipinski definition) is 1. The monoisotopic (exact) mass is 252 g/mol. The van der Waals surface area contributed by atoms with E-state index in [2.05, 4.69) is 5.32 Å². The van der Waals surface area contributed by atoms with Gasteiger partial charge in [-0.1, -0.05) is 0 Å². The lowest BCUT2D eigenvalue weighted by Gasteiger charge is -2.35. The Bertz CT molecular complexity index is 318. The maximum absolute atomic E-state index is 12.4. The summed E-state index contributed by atoms with van der Waals surface area (Å²) >= 11 is 0. The van der Waals surface area contributed by atoms with E-state index in [4.69, 9.17) is 4.74 Å². The van der Waals surface area contributed by atoms with Crippen molar-refractivity contribution in [2.45, 2.75) is 56.5 Å². The molecule has 0 spiro atoms. The Balaban J connectivity index is 1.57. The lowest BCUT2D eigenvalue weighted by molar-refractivity contribution is 0.0513. The minimum Gasteiger partial charge on any atom is -0.381 e. The number of urea groups is 1. The predicted octanol–water partition coefficient (Wildman–Crippen LogP) is 2.14. The van der Waals surface area contributed by atoms with Crippen molar-refractivity contribution in [3.63, 3.8) is 0 Å². The molecule has 2 amide bonds. The number of carbonyl (C=O) groups excluding carboxylic acids is 1. The largest absolute Gasteiger partial charge is 0.381 e. The zero-order chi connectivity index (χ0) is 12.6. The number of nitrogens with one attached hydrogen (secondary N) is 1. The third-order valence-corrected chi connectivity index (χ3v) is 5.17. The number of fused-ring (bicyclic) bond motifs is 2. The number of amides is 2. The zero-order valence-corrected chi connectivity index (χ0v) is 11.3. The number of rotatable bonds is 2. The van der Waals surface area contributed by atoms with Crippen molar-refractivity contribution in [2.75, 3.05) is 20.3 Å². The smallest absolute Gasteiger partial charge is 0.317 e. The van der Waals surface area contributed by atoms with Gasteiger partial charge < -0.3 is 15.0 Å². The molecular formula is C14H24N2O2. The van der Waals surface area contributed by atoms with E-state index in [-0.39, 0.29) is 11.6 Å². The molecule has 1 saturated heterocycles. The summed E-state index contributed by atoms with van der Waals surface area (Å²) in [4.78, 5) is 14.3. The van der Waals surface area contributed by atoms with Gasteiger partial charge in [0.25, 0.3) is 0 Å². The highest BCUT2D eigenvalue weighted by Crippen LogP contribution is 2.47. The minimum atomic E-state index is 0.129. The zero-order valence-electron chi connectivity index (χ0n) is 11.3. The van der Waals surface area contributed by atoms with Crippen LogP contribution in [0.15, 0.2) is 0 Å². The average Bonchev–Trinajstić information content (AvgIpc) is 2.98. The van der Waals surface area contributed by atoms with Crippen LogP contribution in [-0.4, -0.2) is 42.8 Å². The fourth-order valence-corrected chi connectivity index (χ4v) is 3.92. The molecule has 4 nitrogen and oxygen atoms in total. The summed E-state index contributed by atoms with van der Waals surface area (Å²) in [5.74, 6) is 0.874. The predicted molar refractivity (Wildman–Crippen MR) is 69.4 cm³/mol. The van der Waals surface area contributed by atoms with Crippen molar-refractivity contribution in [2.24, 2.45) is 5.92 Å². The first-order valence-corrected chi connectivity index (χ1v) is 7.31. The molecule has 2 bridgehead atoms. The number of nitrogens with zero attached hydrogens (tertiary/aromatic N) is 1. The molecule has 0 aromatic rings. The van der Waals surface area contributed by atoms with Crippen LogP contribution in [0.3, 0.4) is 0 Å². The Kier molecular flexibility index (Phi) is 3.22. The molecule has 0 atom stereocenters. The molecule has 0 aromatic heterocycles. The molecule has 0 aromatic carbocycles. The van der Waals surface area contributed by atoms with Gasteiger partial charge in [-0.15, -0.1) is 0 Å². The van der Waals surface area contributed by atoms with Crippen molar-refractivity contribution >= 4 is 6.03 Å². The topological polar surface area (TPSA) is 41.6 Å². The van der Waals surface area contributed by atoms with Gasteiger partial charge in [0.05, 0.1) is 0 Å². The summed E-state index contributed by atoms with van der Waals surface area (Å²) < 4.78 is 5.35. The van der Waals surface area contributed by atoms with Gasteiger partial charge in [0, 0.05) is 31.8 Å². The van der Waals surface area contributed by atoms with Crippen molar-refractivity contribution in [3.05, 3.63) is 0 Å². The molecule has 3 rings (SSSR count). The first-order chi connectivity index (χ1) is 8.69. The van der Waals surface area contributed by atoms with Gasteiger partial charge in [0.2, 0.25) is 0 Å². The fraction of sp³-hybridized carbons (Fsp3) is 0.929. The Morgan fingerprint density at radius 3 is 2.44 bits per heavy atom. The third-order valence-electron chi connectivity index (χ3n) is 5.17. The highest BCUT2D eigenvalue weighted by Gasteiger charge is 2.46. The lowest BCUT2D eigenvalue weighted by Crippen LogP contribution is -2.53. The van der Waals surface area contributed by atoms with Gasteiger partial charge in [-0.3, -0.25) is 0 Å². The summed E-state index contributed by atoms with van der Waals surface area (Å²) in [5, 5.41) is 3.33. The van der Waals surface area contributed by atoms with E-state index in [1.54, 1.807) is 0 Å². The second-order valence-electron chi connectivity index (χ2n) is 6.31. The molecule has 1 N–H and O–H groups in total. The summed E-state index contributed by atoms with van der Waals surface area (Å²) in [6, 6.07) is 0.484. The lowest BCUT2D eigenvalue weighted by atomic mass is 9.94. The highest BCUT2D eigenvalue weighted by molar-refractivity contribution is 5.75. The first-order valence-electron chi connectivity index (χ1n) is 7.31. The van der Waals surface area contributed by atoms with Crippen molar-refractivity contribution in [3.8, 4) is 0 Å². The molecule has 3 aliphatic rings. The Labute approximate surface area is 109 Å². The van der Waals surface area contributed by atoms with Gasteiger partial charge in [0.15, 0.2) is 0 Å². The molecule has 1 heterocycles.